The van der Waals surface area contributed by atoms with E-state index in [2.05, 4.69) is 13.8 Å². The Morgan fingerprint density at radius 1 is 1.25 bits per heavy atom. The molecule has 12 heavy (non-hydrogen) atoms. The van der Waals surface area contributed by atoms with Crippen molar-refractivity contribution in [1.82, 2.24) is 0 Å². The molecule has 0 radical (unpaired) electrons. The molecule has 0 aromatic carbocycles. The first-order valence-electron chi connectivity index (χ1n) is 4.55. The minimum Gasteiger partial charge on any atom is -0.351 e. The van der Waals surface area contributed by atoms with Gasteiger partial charge in [-0.3, -0.25) is 0 Å². The number of alkyl halides is 1. The summed E-state index contributed by atoms with van der Waals surface area (Å²) >= 11 is 5.61. The minimum atomic E-state index is -0.183. The van der Waals surface area contributed by atoms with E-state index < -0.39 is 0 Å². The molecular formula is C9H17ClO2. The van der Waals surface area contributed by atoms with Crippen molar-refractivity contribution in [3.05, 3.63) is 0 Å². The first-order chi connectivity index (χ1) is 5.76. The maximum atomic E-state index is 5.61. The van der Waals surface area contributed by atoms with Gasteiger partial charge in [-0.2, -0.15) is 0 Å². The highest BCUT2D eigenvalue weighted by Gasteiger charge is 2.33. The molecule has 3 heteroatoms. The standard InChI is InChI=1S/C9H17ClO2/c1-3-9(4-2)6-11-8(5-10)12-7-9/h8H,3-7H2,1-2H3. The van der Waals surface area contributed by atoms with Crippen molar-refractivity contribution in [2.45, 2.75) is 33.0 Å². The topological polar surface area (TPSA) is 18.5 Å². The summed E-state index contributed by atoms with van der Waals surface area (Å²) in [5, 5.41) is 0. The molecule has 1 fully saturated rings. The quantitative estimate of drug-likeness (QED) is 0.640. The van der Waals surface area contributed by atoms with Crippen LogP contribution in [0.2, 0.25) is 0 Å². The van der Waals surface area contributed by atoms with E-state index in [9.17, 15) is 0 Å². The second-order valence-electron chi connectivity index (χ2n) is 3.41. The summed E-state index contributed by atoms with van der Waals surface area (Å²) in [6.45, 7) is 5.93. The van der Waals surface area contributed by atoms with Crippen molar-refractivity contribution in [3.8, 4) is 0 Å². The molecule has 0 unspecified atom stereocenters. The van der Waals surface area contributed by atoms with Gasteiger partial charge in [0.25, 0.3) is 0 Å². The molecule has 0 spiro atoms. The molecule has 1 rings (SSSR count). The number of hydrogen-bond acceptors (Lipinski definition) is 2. The van der Waals surface area contributed by atoms with Gasteiger partial charge in [-0.05, 0) is 12.8 Å². The van der Waals surface area contributed by atoms with Crippen molar-refractivity contribution in [3.63, 3.8) is 0 Å². The third-order valence-corrected chi connectivity index (χ3v) is 3.03. The molecule has 0 aliphatic carbocycles. The maximum absolute atomic E-state index is 5.61. The second-order valence-corrected chi connectivity index (χ2v) is 3.72. The van der Waals surface area contributed by atoms with Crippen LogP contribution in [-0.4, -0.2) is 25.4 Å². The SMILES string of the molecule is CCC1(CC)COC(CCl)OC1. The Bertz CT molecular complexity index is 124. The fraction of sp³-hybridized carbons (Fsp3) is 1.00. The highest BCUT2D eigenvalue weighted by atomic mass is 35.5. The summed E-state index contributed by atoms with van der Waals surface area (Å²) in [5.74, 6) is 0.434. The van der Waals surface area contributed by atoms with Crippen LogP contribution in [0.25, 0.3) is 0 Å². The molecular weight excluding hydrogens is 176 g/mol. The van der Waals surface area contributed by atoms with Crippen LogP contribution in [0.4, 0.5) is 0 Å². The normalized spacial score (nSPS) is 24.2. The number of hydrogen-bond donors (Lipinski definition) is 0. The first-order valence-corrected chi connectivity index (χ1v) is 5.09. The Morgan fingerprint density at radius 3 is 2.08 bits per heavy atom. The average molecular weight is 193 g/mol. The van der Waals surface area contributed by atoms with E-state index in [1.165, 1.54) is 0 Å². The van der Waals surface area contributed by atoms with Crippen molar-refractivity contribution in [2.24, 2.45) is 5.41 Å². The number of rotatable bonds is 3. The smallest absolute Gasteiger partial charge is 0.171 e. The molecule has 0 aromatic rings. The van der Waals surface area contributed by atoms with Gasteiger partial charge in [-0.15, -0.1) is 11.6 Å². The van der Waals surface area contributed by atoms with Crippen LogP contribution in [-0.2, 0) is 9.47 Å². The Balaban J connectivity index is 2.42. The van der Waals surface area contributed by atoms with Crippen molar-refractivity contribution in [2.75, 3.05) is 19.1 Å². The van der Waals surface area contributed by atoms with Crippen LogP contribution in [0.1, 0.15) is 26.7 Å². The summed E-state index contributed by atoms with van der Waals surface area (Å²) in [7, 11) is 0. The zero-order chi connectivity index (χ0) is 9.03. The lowest BCUT2D eigenvalue weighted by molar-refractivity contribution is -0.220. The van der Waals surface area contributed by atoms with Crippen LogP contribution in [0.15, 0.2) is 0 Å². The molecule has 0 saturated carbocycles. The Hall–Kier alpha value is 0.210. The lowest BCUT2D eigenvalue weighted by atomic mass is 9.84. The van der Waals surface area contributed by atoms with E-state index in [-0.39, 0.29) is 11.7 Å². The zero-order valence-electron chi connectivity index (χ0n) is 7.81. The predicted molar refractivity (Wildman–Crippen MR) is 49.4 cm³/mol. The fourth-order valence-electron chi connectivity index (χ4n) is 1.38. The Morgan fingerprint density at radius 2 is 1.75 bits per heavy atom. The number of halogens is 1. The largest absolute Gasteiger partial charge is 0.351 e. The van der Waals surface area contributed by atoms with Gasteiger partial charge in [-0.1, -0.05) is 13.8 Å². The van der Waals surface area contributed by atoms with Crippen LogP contribution < -0.4 is 0 Å². The van der Waals surface area contributed by atoms with Gasteiger partial charge in [0, 0.05) is 5.41 Å². The summed E-state index contributed by atoms with van der Waals surface area (Å²) in [6.07, 6.45) is 2.04. The van der Waals surface area contributed by atoms with Crippen molar-refractivity contribution in [1.29, 1.82) is 0 Å². The molecule has 1 heterocycles. The van der Waals surface area contributed by atoms with Crippen molar-refractivity contribution < 1.29 is 9.47 Å². The first kappa shape index (κ1) is 10.3. The van der Waals surface area contributed by atoms with Crippen LogP contribution >= 0.6 is 11.6 Å². The molecule has 1 saturated heterocycles. The molecule has 1 aliphatic heterocycles. The minimum absolute atomic E-state index is 0.183. The maximum Gasteiger partial charge on any atom is 0.171 e. The summed E-state index contributed by atoms with van der Waals surface area (Å²) in [5.41, 5.74) is 0.239. The van der Waals surface area contributed by atoms with Gasteiger partial charge in [0.15, 0.2) is 6.29 Å². The fourth-order valence-corrected chi connectivity index (χ4v) is 1.55. The molecule has 0 N–H and O–H groups in total. The number of ether oxygens (including phenoxy) is 2. The average Bonchev–Trinajstić information content (AvgIpc) is 2.18. The molecule has 0 bridgehead atoms. The van der Waals surface area contributed by atoms with Gasteiger partial charge in [0.05, 0.1) is 19.1 Å². The Kier molecular flexibility index (Phi) is 3.81. The lowest BCUT2D eigenvalue weighted by Crippen LogP contribution is -2.41. The molecule has 72 valence electrons. The van der Waals surface area contributed by atoms with Gasteiger partial charge in [-0.25, -0.2) is 0 Å². The second kappa shape index (κ2) is 4.45. The molecule has 2 nitrogen and oxygen atoms in total. The van der Waals surface area contributed by atoms with Crippen molar-refractivity contribution >= 4 is 11.6 Å². The molecule has 0 aromatic heterocycles. The third kappa shape index (κ3) is 2.12. The highest BCUT2D eigenvalue weighted by Crippen LogP contribution is 2.31. The molecule has 0 amide bonds. The van der Waals surface area contributed by atoms with Crippen LogP contribution in [0, 0.1) is 5.41 Å². The van der Waals surface area contributed by atoms with E-state index in [1.54, 1.807) is 0 Å². The van der Waals surface area contributed by atoms with E-state index in [4.69, 9.17) is 21.1 Å². The molecule has 0 atom stereocenters. The van der Waals surface area contributed by atoms with Crippen LogP contribution in [0.5, 0.6) is 0 Å². The van der Waals surface area contributed by atoms with Gasteiger partial charge >= 0.3 is 0 Å². The van der Waals surface area contributed by atoms with Gasteiger partial charge in [0.2, 0.25) is 0 Å². The molecule has 1 aliphatic rings. The highest BCUT2D eigenvalue weighted by molar-refractivity contribution is 6.18. The predicted octanol–water partition coefficient (Wildman–Crippen LogP) is 2.40. The summed E-state index contributed by atoms with van der Waals surface area (Å²) in [6, 6.07) is 0. The monoisotopic (exact) mass is 192 g/mol. The Labute approximate surface area is 79.2 Å². The van der Waals surface area contributed by atoms with E-state index in [1.807, 2.05) is 0 Å². The van der Waals surface area contributed by atoms with E-state index in [0.29, 0.717) is 5.88 Å². The van der Waals surface area contributed by atoms with Crippen LogP contribution in [0.3, 0.4) is 0 Å². The summed E-state index contributed by atoms with van der Waals surface area (Å²) < 4.78 is 10.9. The lowest BCUT2D eigenvalue weighted by Gasteiger charge is -2.38. The van der Waals surface area contributed by atoms with E-state index >= 15 is 0 Å². The van der Waals surface area contributed by atoms with Gasteiger partial charge in [0.1, 0.15) is 0 Å². The summed E-state index contributed by atoms with van der Waals surface area (Å²) in [4.78, 5) is 0. The third-order valence-electron chi connectivity index (χ3n) is 2.78. The van der Waals surface area contributed by atoms with E-state index in [0.717, 1.165) is 26.1 Å². The van der Waals surface area contributed by atoms with Gasteiger partial charge < -0.3 is 9.47 Å². The zero-order valence-corrected chi connectivity index (χ0v) is 8.56.